The van der Waals surface area contributed by atoms with E-state index in [1.807, 2.05) is 17.8 Å². The van der Waals surface area contributed by atoms with Gasteiger partial charge in [-0.25, -0.2) is 4.98 Å². The van der Waals surface area contributed by atoms with Gasteiger partial charge >= 0.3 is 0 Å². The molecule has 1 aromatic carbocycles. The Hall–Kier alpha value is -1.65. The van der Waals surface area contributed by atoms with E-state index in [0.717, 1.165) is 19.5 Å². The quantitative estimate of drug-likeness (QED) is 0.690. The largest absolute Gasteiger partial charge is 0.361 e. The summed E-state index contributed by atoms with van der Waals surface area (Å²) in [5, 5.41) is 8.00. The van der Waals surface area contributed by atoms with Crippen LogP contribution in [0.15, 0.2) is 42.0 Å². The van der Waals surface area contributed by atoms with Crippen LogP contribution in [-0.4, -0.2) is 16.5 Å². The molecule has 3 rings (SSSR count). The first kappa shape index (κ1) is 11.4. The van der Waals surface area contributed by atoms with E-state index in [-0.39, 0.29) is 0 Å². The summed E-state index contributed by atoms with van der Waals surface area (Å²) in [7, 11) is 0. The van der Waals surface area contributed by atoms with Crippen molar-refractivity contribution in [2.24, 2.45) is 0 Å². The molecule has 0 spiro atoms. The molecule has 0 radical (unpaired) electrons. The zero-order valence-corrected chi connectivity index (χ0v) is 10.8. The molecule has 0 aliphatic heterocycles. The van der Waals surface area contributed by atoms with Crippen molar-refractivity contribution < 1.29 is 0 Å². The summed E-state index contributed by atoms with van der Waals surface area (Å²) in [5.41, 5.74) is 2.54. The van der Waals surface area contributed by atoms with Gasteiger partial charge in [-0.2, -0.15) is 0 Å². The first-order valence-electron chi connectivity index (χ1n) is 6.07. The third kappa shape index (κ3) is 2.44. The predicted octanol–water partition coefficient (Wildman–Crippen LogP) is 2.96. The smallest absolute Gasteiger partial charge is 0.0937 e. The molecule has 18 heavy (non-hydrogen) atoms. The SMILES string of the molecule is c1cc(CNCCc2nccs2)c2cc[nH]c2c1. The summed E-state index contributed by atoms with van der Waals surface area (Å²) in [4.78, 5) is 7.51. The fraction of sp³-hybridized carbons (Fsp3) is 0.214. The fourth-order valence-corrected chi connectivity index (χ4v) is 2.72. The summed E-state index contributed by atoms with van der Waals surface area (Å²) in [6.07, 6.45) is 4.85. The van der Waals surface area contributed by atoms with E-state index >= 15 is 0 Å². The Morgan fingerprint density at radius 1 is 1.28 bits per heavy atom. The number of hydrogen-bond acceptors (Lipinski definition) is 3. The van der Waals surface area contributed by atoms with Crippen LogP contribution in [0.5, 0.6) is 0 Å². The number of hydrogen-bond donors (Lipinski definition) is 2. The molecule has 0 unspecified atom stereocenters. The van der Waals surface area contributed by atoms with E-state index in [4.69, 9.17) is 0 Å². The van der Waals surface area contributed by atoms with Gasteiger partial charge in [-0.15, -0.1) is 11.3 Å². The second-order valence-electron chi connectivity index (χ2n) is 4.21. The van der Waals surface area contributed by atoms with Crippen LogP contribution in [0.4, 0.5) is 0 Å². The van der Waals surface area contributed by atoms with Gasteiger partial charge in [0, 0.05) is 48.2 Å². The first-order valence-corrected chi connectivity index (χ1v) is 6.95. The lowest BCUT2D eigenvalue weighted by Crippen LogP contribution is -2.16. The lowest BCUT2D eigenvalue weighted by molar-refractivity contribution is 0.688. The highest BCUT2D eigenvalue weighted by Gasteiger charge is 2.01. The minimum atomic E-state index is 0.903. The Morgan fingerprint density at radius 2 is 2.28 bits per heavy atom. The van der Waals surface area contributed by atoms with Gasteiger partial charge in [0.05, 0.1) is 5.01 Å². The van der Waals surface area contributed by atoms with Crippen molar-refractivity contribution in [2.45, 2.75) is 13.0 Å². The molecule has 0 bridgehead atoms. The summed E-state index contributed by atoms with van der Waals surface area (Å²) in [5.74, 6) is 0. The van der Waals surface area contributed by atoms with Crippen molar-refractivity contribution in [1.29, 1.82) is 0 Å². The Balaban J connectivity index is 1.58. The van der Waals surface area contributed by atoms with Crippen LogP contribution < -0.4 is 5.32 Å². The van der Waals surface area contributed by atoms with Crippen molar-refractivity contribution in [3.63, 3.8) is 0 Å². The molecule has 3 aromatic rings. The highest BCUT2D eigenvalue weighted by Crippen LogP contribution is 2.16. The number of nitrogens with zero attached hydrogens (tertiary/aromatic N) is 1. The maximum atomic E-state index is 4.28. The Kier molecular flexibility index (Phi) is 3.39. The van der Waals surface area contributed by atoms with E-state index in [1.54, 1.807) is 11.3 Å². The molecule has 0 aliphatic rings. The molecule has 0 saturated heterocycles. The normalized spacial score (nSPS) is 11.1. The number of H-pyrrole nitrogens is 1. The molecule has 4 heteroatoms. The van der Waals surface area contributed by atoms with E-state index in [2.05, 4.69) is 39.6 Å². The Bertz CT molecular complexity index is 613. The molecule has 92 valence electrons. The zero-order valence-electron chi connectivity index (χ0n) is 10.0. The van der Waals surface area contributed by atoms with Crippen molar-refractivity contribution >= 4 is 22.2 Å². The zero-order chi connectivity index (χ0) is 12.2. The summed E-state index contributed by atoms with van der Waals surface area (Å²) >= 11 is 1.72. The van der Waals surface area contributed by atoms with Crippen LogP contribution in [0.2, 0.25) is 0 Å². The van der Waals surface area contributed by atoms with Crippen LogP contribution >= 0.6 is 11.3 Å². The number of fused-ring (bicyclic) bond motifs is 1. The standard InChI is InChI=1S/C14H15N3S/c1-2-11(12-4-7-16-13(12)3-1)10-15-6-5-14-17-8-9-18-14/h1-4,7-9,15-16H,5-6,10H2. The van der Waals surface area contributed by atoms with Gasteiger partial charge in [-0.1, -0.05) is 12.1 Å². The molecule has 0 atom stereocenters. The van der Waals surface area contributed by atoms with Crippen LogP contribution in [0.25, 0.3) is 10.9 Å². The molecule has 0 aliphatic carbocycles. The lowest BCUT2D eigenvalue weighted by Gasteiger charge is -2.05. The average Bonchev–Trinajstić information content (AvgIpc) is 3.05. The fourth-order valence-electron chi connectivity index (χ4n) is 2.10. The van der Waals surface area contributed by atoms with Crippen LogP contribution in [0, 0.1) is 0 Å². The van der Waals surface area contributed by atoms with Crippen molar-refractivity contribution in [3.05, 3.63) is 52.6 Å². The number of aromatic amines is 1. The first-order chi connectivity index (χ1) is 8.93. The molecular formula is C14H15N3S. The van der Waals surface area contributed by atoms with Gasteiger partial charge in [0.25, 0.3) is 0 Å². The van der Waals surface area contributed by atoms with Crippen LogP contribution in [0.1, 0.15) is 10.6 Å². The molecule has 2 aromatic heterocycles. The maximum absolute atomic E-state index is 4.28. The lowest BCUT2D eigenvalue weighted by atomic mass is 10.1. The highest BCUT2D eigenvalue weighted by atomic mass is 32.1. The second kappa shape index (κ2) is 5.33. The van der Waals surface area contributed by atoms with Gasteiger partial charge in [0.2, 0.25) is 0 Å². The number of thiazole rings is 1. The van der Waals surface area contributed by atoms with E-state index in [0.29, 0.717) is 0 Å². The van der Waals surface area contributed by atoms with Crippen LogP contribution in [-0.2, 0) is 13.0 Å². The molecule has 3 nitrogen and oxygen atoms in total. The average molecular weight is 257 g/mol. The number of aromatic nitrogens is 2. The van der Waals surface area contributed by atoms with Gasteiger partial charge in [-0.05, 0) is 17.7 Å². The second-order valence-corrected chi connectivity index (χ2v) is 5.19. The van der Waals surface area contributed by atoms with E-state index in [1.165, 1.54) is 21.5 Å². The molecule has 0 amide bonds. The van der Waals surface area contributed by atoms with Crippen molar-refractivity contribution in [3.8, 4) is 0 Å². The summed E-state index contributed by atoms with van der Waals surface area (Å²) in [6, 6.07) is 8.50. The third-order valence-corrected chi connectivity index (χ3v) is 3.84. The molecule has 2 N–H and O–H groups in total. The molecule has 2 heterocycles. The van der Waals surface area contributed by atoms with E-state index < -0.39 is 0 Å². The summed E-state index contributed by atoms with van der Waals surface area (Å²) in [6.45, 7) is 1.87. The molecule has 0 saturated carbocycles. The number of nitrogens with one attached hydrogen (secondary N) is 2. The number of rotatable bonds is 5. The minimum Gasteiger partial charge on any atom is -0.361 e. The van der Waals surface area contributed by atoms with Gasteiger partial charge in [0.1, 0.15) is 0 Å². The van der Waals surface area contributed by atoms with E-state index in [9.17, 15) is 0 Å². The maximum Gasteiger partial charge on any atom is 0.0937 e. The molecular weight excluding hydrogens is 242 g/mol. The minimum absolute atomic E-state index is 0.903. The monoisotopic (exact) mass is 257 g/mol. The Labute approximate surface area is 110 Å². The Morgan fingerprint density at radius 3 is 3.17 bits per heavy atom. The van der Waals surface area contributed by atoms with Gasteiger partial charge in [-0.3, -0.25) is 0 Å². The van der Waals surface area contributed by atoms with Gasteiger partial charge in [0.15, 0.2) is 0 Å². The molecule has 0 fully saturated rings. The number of benzene rings is 1. The predicted molar refractivity (Wildman–Crippen MR) is 75.8 cm³/mol. The van der Waals surface area contributed by atoms with Crippen LogP contribution in [0.3, 0.4) is 0 Å². The van der Waals surface area contributed by atoms with Crippen molar-refractivity contribution in [1.82, 2.24) is 15.3 Å². The van der Waals surface area contributed by atoms with Crippen molar-refractivity contribution in [2.75, 3.05) is 6.54 Å². The highest BCUT2D eigenvalue weighted by molar-refractivity contribution is 7.09. The summed E-state index contributed by atoms with van der Waals surface area (Å²) < 4.78 is 0. The topological polar surface area (TPSA) is 40.7 Å². The third-order valence-electron chi connectivity index (χ3n) is 3.00. The van der Waals surface area contributed by atoms with Gasteiger partial charge < -0.3 is 10.3 Å².